The number of nitrogens with zero attached hydrogens (tertiary/aromatic N) is 2. The third kappa shape index (κ3) is 3.10. The summed E-state index contributed by atoms with van der Waals surface area (Å²) in [6.07, 6.45) is -0.0851. The van der Waals surface area contributed by atoms with Crippen LogP contribution in [0.5, 0.6) is 0 Å². The van der Waals surface area contributed by atoms with Crippen LogP contribution < -0.4 is 0 Å². The third-order valence-electron chi connectivity index (χ3n) is 4.02. The SMILES string of the molecule is CCn1c(C)cc(C(=O)N2CCOCC2CC(=O)O)c1C. The van der Waals surface area contributed by atoms with E-state index < -0.39 is 12.0 Å². The Bertz CT molecular complexity index is 550. The second-order valence-electron chi connectivity index (χ2n) is 5.35. The van der Waals surface area contributed by atoms with E-state index in [1.54, 1.807) is 4.90 Å². The lowest BCUT2D eigenvalue weighted by molar-refractivity contribution is -0.139. The number of hydrogen-bond donors (Lipinski definition) is 1. The van der Waals surface area contributed by atoms with Crippen LogP contribution in [0.15, 0.2) is 6.07 Å². The standard InChI is InChI=1S/C15H22N2O4/c1-4-16-10(2)7-13(11(16)3)15(20)17-5-6-21-9-12(17)8-14(18)19/h7,12H,4-6,8-9H2,1-3H3,(H,18,19). The molecule has 0 aliphatic carbocycles. The summed E-state index contributed by atoms with van der Waals surface area (Å²) in [5.41, 5.74) is 2.63. The maximum absolute atomic E-state index is 12.8. The average Bonchev–Trinajstić information content (AvgIpc) is 2.72. The number of aryl methyl sites for hydroxylation is 1. The maximum Gasteiger partial charge on any atom is 0.305 e. The molecule has 6 heteroatoms. The molecule has 1 unspecified atom stereocenters. The monoisotopic (exact) mass is 294 g/mol. The van der Waals surface area contributed by atoms with Crippen LogP contribution in [0.3, 0.4) is 0 Å². The summed E-state index contributed by atoms with van der Waals surface area (Å²) in [4.78, 5) is 25.3. The fraction of sp³-hybridized carbons (Fsp3) is 0.600. The van der Waals surface area contributed by atoms with Gasteiger partial charge in [-0.05, 0) is 26.8 Å². The van der Waals surface area contributed by atoms with Crippen molar-refractivity contribution < 1.29 is 19.4 Å². The number of rotatable bonds is 4. The predicted molar refractivity (Wildman–Crippen MR) is 77.5 cm³/mol. The van der Waals surface area contributed by atoms with Crippen LogP contribution in [0.1, 0.15) is 35.1 Å². The zero-order chi connectivity index (χ0) is 15.6. The highest BCUT2D eigenvalue weighted by Gasteiger charge is 2.31. The number of carbonyl (C=O) groups is 2. The van der Waals surface area contributed by atoms with Gasteiger partial charge in [0.05, 0.1) is 31.2 Å². The fourth-order valence-electron chi connectivity index (χ4n) is 2.95. The predicted octanol–water partition coefficient (Wildman–Crippen LogP) is 1.44. The Morgan fingerprint density at radius 2 is 2.14 bits per heavy atom. The molecule has 1 aromatic heterocycles. The second-order valence-corrected chi connectivity index (χ2v) is 5.35. The maximum atomic E-state index is 12.8. The van der Waals surface area contributed by atoms with Gasteiger partial charge in [0.15, 0.2) is 0 Å². The number of hydrogen-bond acceptors (Lipinski definition) is 3. The lowest BCUT2D eigenvalue weighted by atomic mass is 10.1. The summed E-state index contributed by atoms with van der Waals surface area (Å²) < 4.78 is 7.40. The van der Waals surface area contributed by atoms with E-state index in [1.165, 1.54) is 0 Å². The van der Waals surface area contributed by atoms with E-state index in [2.05, 4.69) is 4.57 Å². The molecular formula is C15H22N2O4. The Labute approximate surface area is 124 Å². The van der Waals surface area contributed by atoms with Gasteiger partial charge >= 0.3 is 5.97 Å². The van der Waals surface area contributed by atoms with Crippen molar-refractivity contribution in [1.82, 2.24) is 9.47 Å². The van der Waals surface area contributed by atoms with Gasteiger partial charge in [-0.25, -0.2) is 0 Å². The summed E-state index contributed by atoms with van der Waals surface area (Å²) >= 11 is 0. The molecule has 1 saturated heterocycles. The van der Waals surface area contributed by atoms with Crippen molar-refractivity contribution in [2.75, 3.05) is 19.8 Å². The third-order valence-corrected chi connectivity index (χ3v) is 4.02. The van der Waals surface area contributed by atoms with Crippen LogP contribution in [0, 0.1) is 13.8 Å². The van der Waals surface area contributed by atoms with E-state index in [-0.39, 0.29) is 18.9 Å². The first-order chi connectivity index (χ1) is 9.95. The molecule has 0 aromatic carbocycles. The van der Waals surface area contributed by atoms with E-state index >= 15 is 0 Å². The second kappa shape index (κ2) is 6.30. The molecule has 0 radical (unpaired) electrons. The molecule has 2 rings (SSSR count). The topological polar surface area (TPSA) is 71.8 Å². The molecule has 1 fully saturated rings. The van der Waals surface area contributed by atoms with Crippen molar-refractivity contribution in [1.29, 1.82) is 0 Å². The smallest absolute Gasteiger partial charge is 0.305 e. The largest absolute Gasteiger partial charge is 0.481 e. The van der Waals surface area contributed by atoms with Gasteiger partial charge in [0.25, 0.3) is 5.91 Å². The first kappa shape index (κ1) is 15.6. The highest BCUT2D eigenvalue weighted by atomic mass is 16.5. The van der Waals surface area contributed by atoms with Crippen molar-refractivity contribution in [3.05, 3.63) is 23.0 Å². The molecule has 1 aliphatic rings. The van der Waals surface area contributed by atoms with Crippen LogP contribution in [-0.2, 0) is 16.1 Å². The van der Waals surface area contributed by atoms with Crippen molar-refractivity contribution in [2.45, 2.75) is 39.8 Å². The quantitative estimate of drug-likeness (QED) is 0.912. The average molecular weight is 294 g/mol. The molecule has 1 aromatic rings. The van der Waals surface area contributed by atoms with Gasteiger partial charge in [0.1, 0.15) is 0 Å². The highest BCUT2D eigenvalue weighted by molar-refractivity contribution is 5.96. The molecule has 116 valence electrons. The van der Waals surface area contributed by atoms with E-state index in [4.69, 9.17) is 9.84 Å². The van der Waals surface area contributed by atoms with E-state index in [0.29, 0.717) is 18.7 Å². The Hall–Kier alpha value is -1.82. The number of ether oxygens (including phenoxy) is 1. The Morgan fingerprint density at radius 1 is 1.43 bits per heavy atom. The van der Waals surface area contributed by atoms with Gasteiger partial charge < -0.3 is 19.3 Å². The zero-order valence-electron chi connectivity index (χ0n) is 12.8. The van der Waals surface area contributed by atoms with Crippen molar-refractivity contribution >= 4 is 11.9 Å². The first-order valence-electron chi connectivity index (χ1n) is 7.23. The summed E-state index contributed by atoms with van der Waals surface area (Å²) in [6.45, 7) is 7.92. The minimum absolute atomic E-state index is 0.0851. The minimum atomic E-state index is -0.915. The summed E-state index contributed by atoms with van der Waals surface area (Å²) in [6, 6.07) is 1.49. The Morgan fingerprint density at radius 3 is 2.71 bits per heavy atom. The highest BCUT2D eigenvalue weighted by Crippen LogP contribution is 2.20. The van der Waals surface area contributed by atoms with Gasteiger partial charge in [-0.1, -0.05) is 0 Å². The van der Waals surface area contributed by atoms with Crippen LogP contribution in [0.25, 0.3) is 0 Å². The molecule has 1 amide bonds. The van der Waals surface area contributed by atoms with Crippen LogP contribution >= 0.6 is 0 Å². The minimum Gasteiger partial charge on any atom is -0.481 e. The number of morpholine rings is 1. The summed E-state index contributed by atoms with van der Waals surface area (Å²) in [5.74, 6) is -1.01. The number of carboxylic acid groups (broad SMARTS) is 1. The summed E-state index contributed by atoms with van der Waals surface area (Å²) in [7, 11) is 0. The van der Waals surface area contributed by atoms with Crippen molar-refractivity contribution in [3.8, 4) is 0 Å². The number of amides is 1. The van der Waals surface area contributed by atoms with Gasteiger partial charge in [0.2, 0.25) is 0 Å². The number of carbonyl (C=O) groups excluding carboxylic acids is 1. The van der Waals surface area contributed by atoms with Crippen LogP contribution in [0.2, 0.25) is 0 Å². The van der Waals surface area contributed by atoms with Gasteiger partial charge in [-0.2, -0.15) is 0 Å². The molecule has 21 heavy (non-hydrogen) atoms. The molecule has 1 atom stereocenters. The van der Waals surface area contributed by atoms with E-state index in [9.17, 15) is 9.59 Å². The number of carboxylic acids is 1. The first-order valence-corrected chi connectivity index (χ1v) is 7.23. The molecular weight excluding hydrogens is 272 g/mol. The van der Waals surface area contributed by atoms with E-state index in [1.807, 2.05) is 26.8 Å². The van der Waals surface area contributed by atoms with Crippen molar-refractivity contribution in [3.63, 3.8) is 0 Å². The number of aromatic nitrogens is 1. The van der Waals surface area contributed by atoms with Gasteiger partial charge in [0, 0.05) is 24.5 Å². The molecule has 6 nitrogen and oxygen atoms in total. The molecule has 1 N–H and O–H groups in total. The Kier molecular flexibility index (Phi) is 4.67. The molecule has 0 saturated carbocycles. The van der Waals surface area contributed by atoms with Crippen LogP contribution in [0.4, 0.5) is 0 Å². The lowest BCUT2D eigenvalue weighted by Crippen LogP contribution is -2.49. The van der Waals surface area contributed by atoms with Gasteiger partial charge in [-0.3, -0.25) is 9.59 Å². The van der Waals surface area contributed by atoms with E-state index in [0.717, 1.165) is 17.9 Å². The molecule has 0 bridgehead atoms. The normalized spacial score (nSPS) is 18.8. The fourth-order valence-corrected chi connectivity index (χ4v) is 2.95. The number of aliphatic carboxylic acids is 1. The molecule has 2 heterocycles. The summed E-state index contributed by atoms with van der Waals surface area (Å²) in [5, 5.41) is 8.98. The van der Waals surface area contributed by atoms with Crippen LogP contribution in [-0.4, -0.2) is 52.3 Å². The molecule has 0 spiro atoms. The Balaban J connectivity index is 2.26. The lowest BCUT2D eigenvalue weighted by Gasteiger charge is -2.34. The zero-order valence-corrected chi connectivity index (χ0v) is 12.8. The van der Waals surface area contributed by atoms with Gasteiger partial charge in [-0.15, -0.1) is 0 Å². The molecule has 1 aliphatic heterocycles. The van der Waals surface area contributed by atoms with Crippen molar-refractivity contribution in [2.24, 2.45) is 0 Å².